The Hall–Kier alpha value is -1.93. The summed E-state index contributed by atoms with van der Waals surface area (Å²) in [7, 11) is 0. The van der Waals surface area contributed by atoms with E-state index in [9.17, 15) is 4.79 Å². The molecule has 13 heavy (non-hydrogen) atoms. The van der Waals surface area contributed by atoms with E-state index < -0.39 is 5.97 Å². The molecule has 0 bridgehead atoms. The zero-order valence-corrected chi connectivity index (χ0v) is 6.29. The van der Waals surface area contributed by atoms with E-state index in [-0.39, 0.29) is 7.43 Å². The number of carbonyl (C=O) groups is 1. The third-order valence-electron chi connectivity index (χ3n) is 0.835. The highest BCUT2D eigenvalue weighted by atomic mass is 16.4. The summed E-state index contributed by atoms with van der Waals surface area (Å²) in [5.74, 6) is -1.25. The Kier molecular flexibility index (Phi) is 10.6. The maximum atomic E-state index is 9.29. The van der Waals surface area contributed by atoms with Crippen molar-refractivity contribution in [1.29, 1.82) is 0 Å². The third-order valence-corrected chi connectivity index (χ3v) is 0.835. The second-order valence-corrected chi connectivity index (χ2v) is 1.74. The molecule has 0 heterocycles. The van der Waals surface area contributed by atoms with Gasteiger partial charge in [0.2, 0.25) is 0 Å². The van der Waals surface area contributed by atoms with Gasteiger partial charge in [-0.05, 0) is 0 Å². The first-order chi connectivity index (χ1) is 5.77. The van der Waals surface area contributed by atoms with Crippen LogP contribution in [-0.4, -0.2) is 22.1 Å². The van der Waals surface area contributed by atoms with Crippen molar-refractivity contribution in [1.82, 2.24) is 0 Å². The molecule has 0 saturated heterocycles. The summed E-state index contributed by atoms with van der Waals surface area (Å²) in [5.41, 5.74) is 7.43. The summed E-state index contributed by atoms with van der Waals surface area (Å²) in [6.07, 6.45) is 0.389. The predicted octanol–water partition coefficient (Wildman–Crippen LogP) is 1.69. The molecule has 4 nitrogen and oxygen atoms in total. The van der Waals surface area contributed by atoms with Crippen LogP contribution in [0.15, 0.2) is 36.4 Å². The lowest BCUT2D eigenvalue weighted by Crippen LogP contribution is -1.94. The summed E-state index contributed by atoms with van der Waals surface area (Å²) in [6, 6.07) is 12.0. The van der Waals surface area contributed by atoms with E-state index in [2.05, 4.69) is 4.79 Å². The summed E-state index contributed by atoms with van der Waals surface area (Å²) in [5, 5.41) is 7.60. The Morgan fingerprint density at radius 1 is 1.15 bits per heavy atom. The quantitative estimate of drug-likeness (QED) is 0.405. The smallest absolute Gasteiger partial charge is 0.411 e. The fraction of sp³-hybridized carbons (Fsp3) is 0.111. The first kappa shape index (κ1) is 13.6. The number of nitrogens with zero attached hydrogens (tertiary/aromatic N) is 2. The second kappa shape index (κ2) is 10.1. The van der Waals surface area contributed by atoms with Gasteiger partial charge >= 0.3 is 12.2 Å². The Balaban J connectivity index is 0. The molecule has 0 saturated carbocycles. The Morgan fingerprint density at radius 3 is 1.54 bits per heavy atom. The lowest BCUT2D eigenvalue weighted by molar-refractivity contribution is -0.132. The molecular weight excluding hydrogens is 168 g/mol. The molecule has 1 aromatic rings. The van der Waals surface area contributed by atoms with Crippen LogP contribution in [0.25, 0.3) is 5.53 Å². The molecule has 0 aliphatic carbocycles. The maximum absolute atomic E-state index is 9.29. The summed E-state index contributed by atoms with van der Waals surface area (Å²) in [6.45, 7) is 0. The number of carboxylic acids is 1. The van der Waals surface area contributed by atoms with Gasteiger partial charge in [-0.3, -0.25) is 0 Å². The molecule has 4 heteroatoms. The molecular formula is C9H12N2O2. The Morgan fingerprint density at radius 2 is 1.46 bits per heavy atom. The first-order valence-electron chi connectivity index (χ1n) is 3.17. The van der Waals surface area contributed by atoms with Gasteiger partial charge in [0.25, 0.3) is 0 Å². The van der Waals surface area contributed by atoms with Crippen LogP contribution >= 0.6 is 0 Å². The Bertz CT molecular complexity index is 239. The number of hydrogen-bond acceptors (Lipinski definition) is 1. The van der Waals surface area contributed by atoms with Crippen LogP contribution in [0.3, 0.4) is 0 Å². The number of benzene rings is 1. The van der Waals surface area contributed by atoms with E-state index in [1.165, 1.54) is 0 Å². The van der Waals surface area contributed by atoms with Gasteiger partial charge in [0.1, 0.15) is 0 Å². The SMILES string of the molecule is C.[N-]=[N+]=CC(=O)O.c1ccccc1. The van der Waals surface area contributed by atoms with Gasteiger partial charge in [-0.15, -0.1) is 0 Å². The van der Waals surface area contributed by atoms with Crippen molar-refractivity contribution < 1.29 is 14.7 Å². The van der Waals surface area contributed by atoms with Crippen LogP contribution in [0.4, 0.5) is 0 Å². The predicted molar refractivity (Wildman–Crippen MR) is 50.5 cm³/mol. The van der Waals surface area contributed by atoms with Gasteiger partial charge in [0, 0.05) is 0 Å². The van der Waals surface area contributed by atoms with Crippen LogP contribution < -0.4 is 0 Å². The van der Waals surface area contributed by atoms with Crippen molar-refractivity contribution in [2.45, 2.75) is 7.43 Å². The van der Waals surface area contributed by atoms with Gasteiger partial charge < -0.3 is 10.6 Å². The van der Waals surface area contributed by atoms with Gasteiger partial charge in [-0.2, -0.15) is 4.79 Å². The summed E-state index contributed by atoms with van der Waals surface area (Å²) >= 11 is 0. The normalized spacial score (nSPS) is 6.46. The molecule has 1 N–H and O–H groups in total. The Labute approximate surface area is 77.1 Å². The molecule has 0 aliphatic heterocycles. The highest BCUT2D eigenvalue weighted by Gasteiger charge is 1.88. The number of hydrogen-bond donors (Lipinski definition) is 1. The van der Waals surface area contributed by atoms with Gasteiger partial charge in [-0.25, -0.2) is 4.79 Å². The average Bonchev–Trinajstić information content (AvgIpc) is 2.08. The monoisotopic (exact) mass is 180 g/mol. The topological polar surface area (TPSA) is 73.7 Å². The minimum atomic E-state index is -1.25. The fourth-order valence-corrected chi connectivity index (χ4v) is 0.434. The van der Waals surface area contributed by atoms with Crippen molar-refractivity contribution in [2.75, 3.05) is 0 Å². The largest absolute Gasteiger partial charge is 0.473 e. The molecule has 0 radical (unpaired) electrons. The molecule has 0 atom stereocenters. The minimum absolute atomic E-state index is 0. The van der Waals surface area contributed by atoms with E-state index in [1.807, 2.05) is 36.4 Å². The van der Waals surface area contributed by atoms with Gasteiger partial charge in [0.05, 0.1) is 0 Å². The van der Waals surface area contributed by atoms with Crippen molar-refractivity contribution in [3.05, 3.63) is 41.9 Å². The highest BCUT2D eigenvalue weighted by Crippen LogP contribution is 1.79. The van der Waals surface area contributed by atoms with Gasteiger partial charge in [0.15, 0.2) is 0 Å². The molecule has 1 rings (SSSR count). The van der Waals surface area contributed by atoms with E-state index in [0.717, 1.165) is 0 Å². The number of aliphatic carboxylic acids is 1. The zero-order chi connectivity index (χ0) is 9.23. The third kappa shape index (κ3) is 13.1. The molecule has 0 fully saturated rings. The van der Waals surface area contributed by atoms with Crippen LogP contribution in [0.1, 0.15) is 7.43 Å². The summed E-state index contributed by atoms with van der Waals surface area (Å²) in [4.78, 5) is 11.5. The second-order valence-electron chi connectivity index (χ2n) is 1.74. The number of carboxylic acid groups (broad SMARTS) is 1. The molecule has 0 amide bonds. The van der Waals surface area contributed by atoms with Crippen LogP contribution in [-0.2, 0) is 4.79 Å². The van der Waals surface area contributed by atoms with Gasteiger partial charge in [-0.1, -0.05) is 43.8 Å². The number of rotatable bonds is 1. The lowest BCUT2D eigenvalue weighted by atomic mass is 10.4. The minimum Gasteiger partial charge on any atom is -0.473 e. The molecule has 1 aromatic carbocycles. The average molecular weight is 180 g/mol. The standard InChI is InChI=1S/C6H6.C2H2N2O2.CH4/c1-2-4-6-5-3-1;3-4-1-2(5)6;/h1-6H;1H,(H,5,6);1H4. The molecule has 0 aliphatic rings. The van der Waals surface area contributed by atoms with E-state index in [1.54, 1.807) is 0 Å². The fourth-order valence-electron chi connectivity index (χ4n) is 0.434. The molecule has 0 spiro atoms. The van der Waals surface area contributed by atoms with Crippen LogP contribution in [0.5, 0.6) is 0 Å². The van der Waals surface area contributed by atoms with E-state index in [0.29, 0.717) is 6.21 Å². The van der Waals surface area contributed by atoms with Crippen molar-refractivity contribution in [2.24, 2.45) is 0 Å². The zero-order valence-electron chi connectivity index (χ0n) is 6.29. The molecule has 0 unspecified atom stereocenters. The van der Waals surface area contributed by atoms with Crippen molar-refractivity contribution >= 4 is 12.2 Å². The lowest BCUT2D eigenvalue weighted by Gasteiger charge is -1.69. The van der Waals surface area contributed by atoms with Crippen LogP contribution in [0, 0.1) is 0 Å². The summed E-state index contributed by atoms with van der Waals surface area (Å²) < 4.78 is 0. The molecule has 0 aromatic heterocycles. The van der Waals surface area contributed by atoms with E-state index >= 15 is 0 Å². The van der Waals surface area contributed by atoms with E-state index in [4.69, 9.17) is 10.6 Å². The molecule has 70 valence electrons. The first-order valence-corrected chi connectivity index (χ1v) is 3.17. The van der Waals surface area contributed by atoms with Crippen molar-refractivity contribution in [3.63, 3.8) is 0 Å². The van der Waals surface area contributed by atoms with Crippen LogP contribution in [0.2, 0.25) is 0 Å². The highest BCUT2D eigenvalue weighted by molar-refractivity contribution is 6.19. The van der Waals surface area contributed by atoms with Crippen molar-refractivity contribution in [3.8, 4) is 0 Å². The maximum Gasteiger partial charge on any atom is 0.411 e.